The fourth-order valence-corrected chi connectivity index (χ4v) is 4.56. The molecule has 1 aromatic heterocycles. The van der Waals surface area contributed by atoms with Crippen molar-refractivity contribution in [3.8, 4) is 17.4 Å². The monoisotopic (exact) mass is 472 g/mol. The van der Waals surface area contributed by atoms with Crippen LogP contribution in [0.25, 0.3) is 0 Å². The highest BCUT2D eigenvalue weighted by Gasteiger charge is 2.29. The van der Waals surface area contributed by atoms with Crippen LogP contribution in [0.5, 0.6) is 17.4 Å². The lowest BCUT2D eigenvalue weighted by Gasteiger charge is -2.33. The van der Waals surface area contributed by atoms with Crippen LogP contribution in [-0.4, -0.2) is 47.0 Å². The van der Waals surface area contributed by atoms with Crippen molar-refractivity contribution in [1.82, 2.24) is 14.9 Å². The quantitative estimate of drug-likeness (QED) is 0.515. The van der Waals surface area contributed by atoms with Gasteiger partial charge in [-0.2, -0.15) is 4.98 Å². The summed E-state index contributed by atoms with van der Waals surface area (Å²) in [7, 11) is 0. The zero-order valence-corrected chi connectivity index (χ0v) is 20.4. The minimum absolute atomic E-state index is 0.00167. The Bertz CT molecular complexity index is 1180. The standard InChI is InChI=1S/C28H32N4O3/c1-20-11-14-31(15-12-20)28-29-25-13-16-32(26(33)19-34-22-8-4-3-5-9-22)18-24(25)27(30-28)35-23-10-6-7-21(2)17-23/h3-10,17,20H,11-16,18-19H2,1-2H3. The van der Waals surface area contributed by atoms with Crippen molar-refractivity contribution >= 4 is 11.9 Å². The number of fused-ring (bicyclic) bond motifs is 1. The van der Waals surface area contributed by atoms with Crippen LogP contribution in [0.1, 0.15) is 36.6 Å². The zero-order valence-electron chi connectivity index (χ0n) is 20.4. The van der Waals surface area contributed by atoms with Crippen LogP contribution in [0.3, 0.4) is 0 Å². The number of aromatic nitrogens is 2. The number of piperidine rings is 1. The Morgan fingerprint density at radius 3 is 2.54 bits per heavy atom. The van der Waals surface area contributed by atoms with Gasteiger partial charge in [0.2, 0.25) is 11.8 Å². The summed E-state index contributed by atoms with van der Waals surface area (Å²) in [5.41, 5.74) is 2.95. The van der Waals surface area contributed by atoms with Crippen molar-refractivity contribution in [2.24, 2.45) is 5.92 Å². The number of anilines is 1. The molecule has 5 rings (SSSR count). The summed E-state index contributed by atoms with van der Waals surface area (Å²) in [4.78, 5) is 26.8. The van der Waals surface area contributed by atoms with Crippen LogP contribution in [0, 0.1) is 12.8 Å². The topological polar surface area (TPSA) is 67.8 Å². The first-order chi connectivity index (χ1) is 17.0. The second-order valence-corrected chi connectivity index (χ2v) is 9.51. The third-order valence-electron chi connectivity index (χ3n) is 6.74. The molecule has 35 heavy (non-hydrogen) atoms. The van der Waals surface area contributed by atoms with Crippen molar-refractivity contribution in [3.63, 3.8) is 0 Å². The summed E-state index contributed by atoms with van der Waals surface area (Å²) in [5.74, 6) is 3.35. The smallest absolute Gasteiger partial charge is 0.260 e. The van der Waals surface area contributed by atoms with Crippen molar-refractivity contribution < 1.29 is 14.3 Å². The summed E-state index contributed by atoms with van der Waals surface area (Å²) >= 11 is 0. The van der Waals surface area contributed by atoms with Crippen LogP contribution in [0.4, 0.5) is 5.95 Å². The highest BCUT2D eigenvalue weighted by atomic mass is 16.5. The van der Waals surface area contributed by atoms with E-state index in [0.717, 1.165) is 60.4 Å². The number of carbonyl (C=O) groups is 1. The molecule has 0 spiro atoms. The molecule has 0 bridgehead atoms. The number of ether oxygens (including phenoxy) is 2. The van der Waals surface area contributed by atoms with Crippen molar-refractivity contribution in [2.75, 3.05) is 31.1 Å². The van der Waals surface area contributed by atoms with Gasteiger partial charge >= 0.3 is 0 Å². The molecule has 3 aromatic rings. The molecule has 2 aliphatic heterocycles. The van der Waals surface area contributed by atoms with Crippen LogP contribution in [0.15, 0.2) is 54.6 Å². The van der Waals surface area contributed by atoms with Gasteiger partial charge in [-0.1, -0.05) is 37.3 Å². The van der Waals surface area contributed by atoms with E-state index in [1.807, 2.05) is 61.5 Å². The molecule has 1 saturated heterocycles. The molecule has 182 valence electrons. The number of rotatable bonds is 6. The number of para-hydroxylation sites is 1. The molecule has 1 amide bonds. The maximum atomic E-state index is 13.0. The number of nitrogens with zero attached hydrogens (tertiary/aromatic N) is 4. The van der Waals surface area contributed by atoms with E-state index in [4.69, 9.17) is 19.4 Å². The van der Waals surface area contributed by atoms with Gasteiger partial charge in [-0.05, 0) is 55.5 Å². The van der Waals surface area contributed by atoms with Gasteiger partial charge in [0.05, 0.1) is 17.8 Å². The number of carbonyl (C=O) groups excluding carboxylic acids is 1. The fourth-order valence-electron chi connectivity index (χ4n) is 4.56. The number of hydrogen-bond donors (Lipinski definition) is 0. The van der Waals surface area contributed by atoms with Crippen molar-refractivity contribution in [1.29, 1.82) is 0 Å². The van der Waals surface area contributed by atoms with E-state index < -0.39 is 0 Å². The van der Waals surface area contributed by atoms with Gasteiger partial charge in [-0.25, -0.2) is 4.98 Å². The minimum Gasteiger partial charge on any atom is -0.484 e. The van der Waals surface area contributed by atoms with Gasteiger partial charge < -0.3 is 19.3 Å². The first-order valence-corrected chi connectivity index (χ1v) is 12.4. The largest absolute Gasteiger partial charge is 0.484 e. The number of benzene rings is 2. The molecular formula is C28H32N4O3. The Labute approximate surface area is 206 Å². The number of amides is 1. The summed E-state index contributed by atoms with van der Waals surface area (Å²) < 4.78 is 12.0. The Kier molecular flexibility index (Phi) is 6.84. The molecule has 7 nitrogen and oxygen atoms in total. The Balaban J connectivity index is 1.38. The first-order valence-electron chi connectivity index (χ1n) is 12.4. The highest BCUT2D eigenvalue weighted by molar-refractivity contribution is 5.78. The predicted molar refractivity (Wildman–Crippen MR) is 135 cm³/mol. The molecule has 1 fully saturated rings. The van der Waals surface area contributed by atoms with Gasteiger partial charge in [0.25, 0.3) is 5.91 Å². The third-order valence-corrected chi connectivity index (χ3v) is 6.74. The predicted octanol–water partition coefficient (Wildman–Crippen LogP) is 4.78. The molecule has 2 aromatic carbocycles. The second-order valence-electron chi connectivity index (χ2n) is 9.51. The normalized spacial score (nSPS) is 16.1. The van der Waals surface area contributed by atoms with E-state index in [9.17, 15) is 4.79 Å². The minimum atomic E-state index is -0.0601. The highest BCUT2D eigenvalue weighted by Crippen LogP contribution is 2.32. The van der Waals surface area contributed by atoms with Crippen LogP contribution in [0.2, 0.25) is 0 Å². The molecular weight excluding hydrogens is 440 g/mol. The van der Waals surface area contributed by atoms with Gasteiger partial charge in [0, 0.05) is 26.1 Å². The summed E-state index contributed by atoms with van der Waals surface area (Å²) in [5, 5.41) is 0. The van der Waals surface area contributed by atoms with E-state index in [1.165, 1.54) is 0 Å². The summed E-state index contributed by atoms with van der Waals surface area (Å²) in [6.07, 6.45) is 2.94. The molecule has 0 unspecified atom stereocenters. The molecule has 7 heteroatoms. The van der Waals surface area contributed by atoms with Crippen molar-refractivity contribution in [2.45, 2.75) is 39.7 Å². The lowest BCUT2D eigenvalue weighted by molar-refractivity contribution is -0.134. The number of aryl methyl sites for hydroxylation is 1. The maximum absolute atomic E-state index is 13.0. The van der Waals surface area contributed by atoms with Crippen LogP contribution < -0.4 is 14.4 Å². The van der Waals surface area contributed by atoms with Crippen molar-refractivity contribution in [3.05, 3.63) is 71.4 Å². The average molecular weight is 473 g/mol. The van der Waals surface area contributed by atoms with Crippen LogP contribution in [-0.2, 0) is 17.8 Å². The SMILES string of the molecule is Cc1cccc(Oc2nc(N3CCC(C)CC3)nc3c2CN(C(=O)COc2ccccc2)CC3)c1. The van der Waals surface area contributed by atoms with E-state index in [2.05, 4.69) is 11.8 Å². The Hall–Kier alpha value is -3.61. The molecule has 2 aliphatic rings. The van der Waals surface area contributed by atoms with Crippen LogP contribution >= 0.6 is 0 Å². The van der Waals surface area contributed by atoms with E-state index in [0.29, 0.717) is 31.1 Å². The molecule has 0 saturated carbocycles. The Morgan fingerprint density at radius 2 is 1.77 bits per heavy atom. The van der Waals surface area contributed by atoms with E-state index in [1.54, 1.807) is 4.90 Å². The second kappa shape index (κ2) is 10.3. The van der Waals surface area contributed by atoms with Gasteiger partial charge in [-0.3, -0.25) is 4.79 Å². The summed E-state index contributed by atoms with van der Waals surface area (Å²) in [6, 6.07) is 17.3. The number of hydrogen-bond acceptors (Lipinski definition) is 6. The van der Waals surface area contributed by atoms with E-state index in [-0.39, 0.29) is 12.5 Å². The molecule has 0 aliphatic carbocycles. The molecule has 0 atom stereocenters. The average Bonchev–Trinajstić information content (AvgIpc) is 2.88. The zero-order chi connectivity index (χ0) is 24.2. The lowest BCUT2D eigenvalue weighted by atomic mass is 9.99. The van der Waals surface area contributed by atoms with Gasteiger partial charge in [-0.15, -0.1) is 0 Å². The van der Waals surface area contributed by atoms with Gasteiger partial charge in [0.15, 0.2) is 6.61 Å². The van der Waals surface area contributed by atoms with E-state index >= 15 is 0 Å². The third kappa shape index (κ3) is 5.56. The fraction of sp³-hybridized carbons (Fsp3) is 0.393. The lowest BCUT2D eigenvalue weighted by Crippen LogP contribution is -2.40. The molecule has 3 heterocycles. The first kappa shape index (κ1) is 23.1. The summed E-state index contributed by atoms with van der Waals surface area (Å²) in [6.45, 7) is 7.24. The molecule has 0 N–H and O–H groups in total. The molecule has 0 radical (unpaired) electrons. The van der Waals surface area contributed by atoms with Gasteiger partial charge in [0.1, 0.15) is 11.5 Å². The Morgan fingerprint density at radius 1 is 1.00 bits per heavy atom. The maximum Gasteiger partial charge on any atom is 0.260 e.